The average Bonchev–Trinajstić information content (AvgIpc) is 2.89. The maximum Gasteiger partial charge on any atom is 0.293 e. The summed E-state index contributed by atoms with van der Waals surface area (Å²) in [6.07, 6.45) is 6.99. The molecule has 0 aliphatic carbocycles. The predicted octanol–water partition coefficient (Wildman–Crippen LogP) is 2.88. The molecule has 1 amide bonds. The Morgan fingerprint density at radius 3 is 2.50 bits per heavy atom. The Kier molecular flexibility index (Phi) is 8.84. The van der Waals surface area contributed by atoms with Crippen LogP contribution in [0.2, 0.25) is 0 Å². The fraction of sp³-hybridized carbons (Fsp3) is 0.357. The summed E-state index contributed by atoms with van der Waals surface area (Å²) in [4.78, 5) is 33.5. The summed E-state index contributed by atoms with van der Waals surface area (Å²) < 4.78 is 5.52. The van der Waals surface area contributed by atoms with Crippen molar-refractivity contribution in [1.29, 1.82) is 0 Å². The standard InChI is InChI=1S/C28H32BN4O3/c1-36-26-18-31-28(32-25(26)11-10-21-4-2-3-5-24(21)17-27(30)35)16-20-6-8-22(9-7-20)23-12-14-33(15-13-23)29-19-34/h2-9,18-19,23H,10-17H2,1H3,(H2,30,35). The first kappa shape index (κ1) is 25.6. The number of methoxy groups -OCH3 is 1. The van der Waals surface area contributed by atoms with Gasteiger partial charge >= 0.3 is 0 Å². The van der Waals surface area contributed by atoms with E-state index in [1.165, 1.54) is 5.56 Å². The molecule has 2 heterocycles. The molecule has 4 rings (SSSR count). The van der Waals surface area contributed by atoms with Gasteiger partial charge in [-0.15, -0.1) is 0 Å². The van der Waals surface area contributed by atoms with Gasteiger partial charge in [-0.1, -0.05) is 48.5 Å². The van der Waals surface area contributed by atoms with Crippen LogP contribution < -0.4 is 10.5 Å². The van der Waals surface area contributed by atoms with E-state index in [1.807, 2.05) is 24.3 Å². The third-order valence-corrected chi connectivity index (χ3v) is 6.83. The number of nitrogens with zero attached hydrogens (tertiary/aromatic N) is 3. The van der Waals surface area contributed by atoms with Gasteiger partial charge in [0.05, 0.1) is 31.6 Å². The van der Waals surface area contributed by atoms with E-state index in [0.29, 0.717) is 24.5 Å². The van der Waals surface area contributed by atoms with E-state index in [4.69, 9.17) is 15.5 Å². The molecule has 0 spiro atoms. The van der Waals surface area contributed by atoms with Crippen molar-refractivity contribution in [2.24, 2.45) is 5.73 Å². The lowest BCUT2D eigenvalue weighted by molar-refractivity contribution is -0.117. The van der Waals surface area contributed by atoms with E-state index in [1.54, 1.807) is 20.7 Å². The Labute approximate surface area is 213 Å². The Morgan fingerprint density at radius 1 is 1.11 bits per heavy atom. The minimum absolute atomic E-state index is 0.231. The summed E-state index contributed by atoms with van der Waals surface area (Å²) >= 11 is 0. The smallest absolute Gasteiger partial charge is 0.293 e. The van der Waals surface area contributed by atoms with Crippen LogP contribution in [-0.2, 0) is 35.3 Å². The molecule has 0 bridgehead atoms. The van der Waals surface area contributed by atoms with Crippen LogP contribution in [0.3, 0.4) is 0 Å². The molecule has 1 aromatic heterocycles. The van der Waals surface area contributed by atoms with Crippen LogP contribution in [-0.4, -0.2) is 54.5 Å². The number of nitrogens with two attached hydrogens (primary N) is 1. The first-order valence-electron chi connectivity index (χ1n) is 12.4. The molecule has 0 unspecified atom stereocenters. The number of hydrogen-bond donors (Lipinski definition) is 1. The maximum atomic E-state index is 11.4. The molecule has 0 saturated carbocycles. The lowest BCUT2D eigenvalue weighted by atomic mass is 9.84. The maximum absolute atomic E-state index is 11.4. The quantitative estimate of drug-likeness (QED) is 0.333. The minimum atomic E-state index is -0.336. The highest BCUT2D eigenvalue weighted by Crippen LogP contribution is 2.28. The molecular weight excluding hydrogens is 451 g/mol. The van der Waals surface area contributed by atoms with Gasteiger partial charge in [0.1, 0.15) is 5.82 Å². The van der Waals surface area contributed by atoms with Gasteiger partial charge < -0.3 is 20.1 Å². The molecule has 0 atom stereocenters. The largest absolute Gasteiger partial charge is 0.493 e. The second-order valence-corrected chi connectivity index (χ2v) is 9.23. The SMILES string of the molecule is COc1cnc(Cc2ccc(C3CCN([B]C=O)CC3)cc2)nc1CCc1ccccc1CC(N)=O. The molecule has 2 N–H and O–H groups in total. The average molecular weight is 483 g/mol. The first-order chi connectivity index (χ1) is 17.6. The summed E-state index contributed by atoms with van der Waals surface area (Å²) in [7, 11) is 3.27. The van der Waals surface area contributed by atoms with Gasteiger partial charge in [-0.05, 0) is 66.9 Å². The monoisotopic (exact) mass is 483 g/mol. The topological polar surface area (TPSA) is 98.4 Å². The van der Waals surface area contributed by atoms with Crippen molar-refractivity contribution in [1.82, 2.24) is 14.8 Å². The number of rotatable bonds is 11. The van der Waals surface area contributed by atoms with E-state index in [0.717, 1.165) is 66.7 Å². The third-order valence-electron chi connectivity index (χ3n) is 6.83. The van der Waals surface area contributed by atoms with E-state index in [-0.39, 0.29) is 12.3 Å². The van der Waals surface area contributed by atoms with Crippen LogP contribution in [0.1, 0.15) is 52.5 Å². The van der Waals surface area contributed by atoms with Crippen LogP contribution >= 0.6 is 0 Å². The Bertz CT molecular complexity index is 1180. The summed E-state index contributed by atoms with van der Waals surface area (Å²) in [5, 5.41) is 0. The number of aryl methyl sites for hydroxylation is 2. The molecule has 3 aromatic rings. The van der Waals surface area contributed by atoms with Crippen molar-refractivity contribution in [3.63, 3.8) is 0 Å². The highest BCUT2D eigenvalue weighted by molar-refractivity contribution is 6.64. The number of primary amides is 1. The highest BCUT2D eigenvalue weighted by atomic mass is 16.5. The summed E-state index contributed by atoms with van der Waals surface area (Å²) in [5.41, 5.74) is 10.8. The normalized spacial score (nSPS) is 14.4. The van der Waals surface area contributed by atoms with Crippen LogP contribution in [0.15, 0.2) is 54.7 Å². The van der Waals surface area contributed by atoms with Crippen LogP contribution in [0.4, 0.5) is 0 Å². The van der Waals surface area contributed by atoms with Gasteiger partial charge in [0, 0.05) is 6.42 Å². The highest BCUT2D eigenvalue weighted by Gasteiger charge is 2.20. The zero-order valence-electron chi connectivity index (χ0n) is 20.7. The molecule has 1 aliphatic rings. The number of ether oxygens (including phenoxy) is 1. The lowest BCUT2D eigenvalue weighted by Crippen LogP contribution is -2.36. The number of piperidine rings is 1. The van der Waals surface area contributed by atoms with Crippen LogP contribution in [0.5, 0.6) is 5.75 Å². The lowest BCUT2D eigenvalue weighted by Gasteiger charge is -2.30. The van der Waals surface area contributed by atoms with Crippen molar-refractivity contribution in [3.05, 3.63) is 88.5 Å². The zero-order valence-corrected chi connectivity index (χ0v) is 20.7. The number of hydrogen-bond acceptors (Lipinski definition) is 6. The number of benzene rings is 2. The van der Waals surface area contributed by atoms with Crippen LogP contribution in [0.25, 0.3) is 0 Å². The van der Waals surface area contributed by atoms with Crippen LogP contribution in [0, 0.1) is 0 Å². The van der Waals surface area contributed by atoms with Gasteiger partial charge in [0.25, 0.3) is 7.41 Å². The van der Waals surface area contributed by atoms with Gasteiger partial charge in [-0.3, -0.25) is 4.79 Å². The zero-order chi connectivity index (χ0) is 25.3. The number of amides is 1. The van der Waals surface area contributed by atoms with Crippen molar-refractivity contribution in [3.8, 4) is 5.75 Å². The third kappa shape index (κ3) is 6.79. The molecule has 1 radical (unpaired) electrons. The van der Waals surface area contributed by atoms with Crippen molar-refractivity contribution >= 4 is 19.5 Å². The molecule has 7 nitrogen and oxygen atoms in total. The molecule has 1 fully saturated rings. The van der Waals surface area contributed by atoms with E-state index in [2.05, 4.69) is 34.1 Å². The Morgan fingerprint density at radius 2 is 1.83 bits per heavy atom. The molecule has 1 saturated heterocycles. The van der Waals surface area contributed by atoms with Gasteiger partial charge in [0.15, 0.2) is 5.75 Å². The molecule has 1 aliphatic heterocycles. The molecule has 36 heavy (non-hydrogen) atoms. The Hall–Kier alpha value is -3.52. The van der Waals surface area contributed by atoms with Crippen molar-refractivity contribution in [2.75, 3.05) is 20.2 Å². The molecule has 185 valence electrons. The second-order valence-electron chi connectivity index (χ2n) is 9.23. The van der Waals surface area contributed by atoms with E-state index in [9.17, 15) is 9.59 Å². The molecule has 2 aromatic carbocycles. The number of aromatic nitrogens is 2. The van der Waals surface area contributed by atoms with E-state index < -0.39 is 0 Å². The minimum Gasteiger partial charge on any atom is -0.493 e. The fourth-order valence-corrected chi connectivity index (χ4v) is 4.85. The van der Waals surface area contributed by atoms with Crippen molar-refractivity contribution < 1.29 is 14.3 Å². The summed E-state index contributed by atoms with van der Waals surface area (Å²) in [5.74, 6) is 1.61. The van der Waals surface area contributed by atoms with Gasteiger partial charge in [0.2, 0.25) is 5.91 Å². The fourth-order valence-electron chi connectivity index (χ4n) is 4.85. The second kappa shape index (κ2) is 12.4. The predicted molar refractivity (Wildman–Crippen MR) is 141 cm³/mol. The molecule has 8 heteroatoms. The first-order valence-corrected chi connectivity index (χ1v) is 12.4. The molecular formula is C28H32BN4O3. The van der Waals surface area contributed by atoms with Crippen molar-refractivity contribution in [2.45, 2.75) is 44.4 Å². The number of carbonyl (C=O) groups is 2. The number of carbonyl (C=O) groups excluding carboxylic acids is 2. The summed E-state index contributed by atoms with van der Waals surface area (Å²) in [6.45, 7) is 1.83. The van der Waals surface area contributed by atoms with Gasteiger partial charge in [-0.2, -0.15) is 0 Å². The summed E-state index contributed by atoms with van der Waals surface area (Å²) in [6, 6.07) is 16.6. The van der Waals surface area contributed by atoms with E-state index >= 15 is 0 Å². The van der Waals surface area contributed by atoms with Gasteiger partial charge in [-0.25, -0.2) is 9.97 Å². The Balaban J connectivity index is 1.41.